The van der Waals surface area contributed by atoms with Gasteiger partial charge >= 0.3 is 0 Å². The van der Waals surface area contributed by atoms with Gasteiger partial charge in [0, 0.05) is 17.1 Å². The number of hydrogen-bond donors (Lipinski definition) is 0. The molecule has 0 aliphatic carbocycles. The van der Waals surface area contributed by atoms with E-state index in [1.54, 1.807) is 23.0 Å². The van der Waals surface area contributed by atoms with Gasteiger partial charge in [-0.15, -0.1) is 0 Å². The standard InChI is InChI=1S/C15H14FNO2/c1-2-6-17-14-8-10(16)3-4-11(14)13-9-19-7-5-12(13)15(17)18/h3-5,8-9H,2,6-7H2,1H3. The first-order valence-electron chi connectivity index (χ1n) is 6.36. The van der Waals surface area contributed by atoms with Gasteiger partial charge in [0.2, 0.25) is 0 Å². The van der Waals surface area contributed by atoms with Crippen molar-refractivity contribution in [3.8, 4) is 0 Å². The van der Waals surface area contributed by atoms with Gasteiger partial charge in [-0.2, -0.15) is 0 Å². The Morgan fingerprint density at radius 1 is 1.37 bits per heavy atom. The Morgan fingerprint density at radius 3 is 3.00 bits per heavy atom. The van der Waals surface area contributed by atoms with E-state index >= 15 is 0 Å². The molecule has 0 atom stereocenters. The summed E-state index contributed by atoms with van der Waals surface area (Å²) in [5, 5.41) is 2.25. The molecule has 1 aliphatic heterocycles. The Labute approximate surface area is 109 Å². The Balaban J connectivity index is 2.57. The van der Waals surface area contributed by atoms with E-state index in [0.717, 1.165) is 17.0 Å². The summed E-state index contributed by atoms with van der Waals surface area (Å²) in [5.41, 5.74) is 0.551. The predicted molar refractivity (Wildman–Crippen MR) is 72.6 cm³/mol. The fraction of sp³-hybridized carbons (Fsp3) is 0.267. The van der Waals surface area contributed by atoms with Gasteiger partial charge < -0.3 is 9.30 Å². The maximum absolute atomic E-state index is 13.5. The van der Waals surface area contributed by atoms with Crippen LogP contribution in [0.15, 0.2) is 23.0 Å². The van der Waals surface area contributed by atoms with E-state index in [1.165, 1.54) is 12.1 Å². The topological polar surface area (TPSA) is 31.2 Å². The van der Waals surface area contributed by atoms with Crippen LogP contribution in [0.1, 0.15) is 13.3 Å². The van der Waals surface area contributed by atoms with Gasteiger partial charge in [0.05, 0.1) is 17.0 Å². The normalized spacial score (nSPS) is 13.4. The number of ether oxygens (including phenoxy) is 1. The number of aromatic nitrogens is 1. The molecule has 3 rings (SSSR count). The van der Waals surface area contributed by atoms with Crippen LogP contribution in [0.2, 0.25) is 0 Å². The average molecular weight is 259 g/mol. The second-order valence-corrected chi connectivity index (χ2v) is 4.60. The highest BCUT2D eigenvalue weighted by atomic mass is 19.1. The van der Waals surface area contributed by atoms with E-state index in [-0.39, 0.29) is 11.4 Å². The fourth-order valence-corrected chi connectivity index (χ4v) is 2.50. The lowest BCUT2D eigenvalue weighted by atomic mass is 10.1. The van der Waals surface area contributed by atoms with Crippen molar-refractivity contribution in [3.05, 3.63) is 44.8 Å². The quantitative estimate of drug-likeness (QED) is 0.808. The third-order valence-electron chi connectivity index (χ3n) is 3.34. The largest absolute Gasteiger partial charge is 0.496 e. The summed E-state index contributed by atoms with van der Waals surface area (Å²) in [6.45, 7) is 2.98. The predicted octanol–water partition coefficient (Wildman–Crippen LogP) is 1.10. The minimum absolute atomic E-state index is 0.0745. The van der Waals surface area contributed by atoms with Crippen LogP contribution < -0.4 is 16.0 Å². The maximum Gasteiger partial charge on any atom is 0.258 e. The van der Waals surface area contributed by atoms with Crippen molar-refractivity contribution in [1.82, 2.24) is 4.57 Å². The van der Waals surface area contributed by atoms with E-state index < -0.39 is 0 Å². The van der Waals surface area contributed by atoms with E-state index in [9.17, 15) is 9.18 Å². The van der Waals surface area contributed by atoms with E-state index in [2.05, 4.69) is 0 Å². The highest BCUT2D eigenvalue weighted by Gasteiger charge is 2.10. The molecule has 3 nitrogen and oxygen atoms in total. The molecule has 0 bridgehead atoms. The summed E-state index contributed by atoms with van der Waals surface area (Å²) in [7, 11) is 0. The Kier molecular flexibility index (Phi) is 2.85. The van der Waals surface area contributed by atoms with Crippen LogP contribution in [0.5, 0.6) is 0 Å². The first-order valence-corrected chi connectivity index (χ1v) is 6.36. The van der Waals surface area contributed by atoms with Gasteiger partial charge in [-0.3, -0.25) is 4.79 Å². The number of aryl methyl sites for hydroxylation is 1. The molecular formula is C15H14FNO2. The van der Waals surface area contributed by atoms with Crippen LogP contribution >= 0.6 is 0 Å². The Morgan fingerprint density at radius 2 is 2.21 bits per heavy atom. The summed E-state index contributed by atoms with van der Waals surface area (Å²) in [5.74, 6) is -0.336. The van der Waals surface area contributed by atoms with Crippen LogP contribution in [-0.4, -0.2) is 11.2 Å². The molecular weight excluding hydrogens is 245 g/mol. The number of nitrogens with zero attached hydrogens (tertiary/aromatic N) is 1. The minimum atomic E-state index is -0.336. The molecule has 0 saturated carbocycles. The van der Waals surface area contributed by atoms with Crippen molar-refractivity contribution >= 4 is 23.2 Å². The number of fused-ring (bicyclic) bond motifs is 3. The minimum Gasteiger partial charge on any atom is -0.496 e. The summed E-state index contributed by atoms with van der Waals surface area (Å²) in [6, 6.07) is 4.52. The molecule has 0 amide bonds. The molecule has 2 aromatic rings. The first-order chi connectivity index (χ1) is 9.22. The number of benzene rings is 1. The van der Waals surface area contributed by atoms with Crippen molar-refractivity contribution in [3.63, 3.8) is 0 Å². The van der Waals surface area contributed by atoms with Crippen molar-refractivity contribution in [2.24, 2.45) is 0 Å². The number of pyridine rings is 1. The molecule has 2 heterocycles. The SMILES string of the molecule is CCCn1c(=O)c2c(c3ccc(F)cc31)=COCC=2. The van der Waals surface area contributed by atoms with E-state index in [0.29, 0.717) is 23.9 Å². The van der Waals surface area contributed by atoms with Gasteiger partial charge in [-0.1, -0.05) is 6.92 Å². The van der Waals surface area contributed by atoms with Gasteiger partial charge in [0.15, 0.2) is 0 Å². The van der Waals surface area contributed by atoms with Crippen LogP contribution in [-0.2, 0) is 11.3 Å². The summed E-state index contributed by atoms with van der Waals surface area (Å²) < 4.78 is 20.4. The molecule has 0 unspecified atom stereocenters. The lowest BCUT2D eigenvalue weighted by Crippen LogP contribution is -2.47. The van der Waals surface area contributed by atoms with Crippen LogP contribution in [0.25, 0.3) is 23.2 Å². The van der Waals surface area contributed by atoms with Crippen molar-refractivity contribution in [1.29, 1.82) is 0 Å². The van der Waals surface area contributed by atoms with Crippen LogP contribution in [0.3, 0.4) is 0 Å². The molecule has 0 radical (unpaired) electrons. The van der Waals surface area contributed by atoms with Gasteiger partial charge in [-0.05, 0) is 30.7 Å². The second kappa shape index (κ2) is 4.53. The summed E-state index contributed by atoms with van der Waals surface area (Å²) in [6.07, 6.45) is 4.20. The molecule has 0 N–H and O–H groups in total. The molecule has 1 aromatic heterocycles. The van der Waals surface area contributed by atoms with Crippen LogP contribution in [0, 0.1) is 5.82 Å². The van der Waals surface area contributed by atoms with E-state index in [4.69, 9.17) is 4.74 Å². The van der Waals surface area contributed by atoms with Crippen molar-refractivity contribution in [2.45, 2.75) is 19.9 Å². The third kappa shape index (κ3) is 1.84. The zero-order chi connectivity index (χ0) is 13.4. The molecule has 0 saturated heterocycles. The molecule has 4 heteroatoms. The zero-order valence-electron chi connectivity index (χ0n) is 10.6. The van der Waals surface area contributed by atoms with Gasteiger partial charge in [0.1, 0.15) is 12.4 Å². The molecule has 19 heavy (non-hydrogen) atoms. The van der Waals surface area contributed by atoms with Crippen LogP contribution in [0.4, 0.5) is 4.39 Å². The lowest BCUT2D eigenvalue weighted by molar-refractivity contribution is 0.346. The Hall–Kier alpha value is -2.10. The maximum atomic E-state index is 13.5. The third-order valence-corrected chi connectivity index (χ3v) is 3.34. The summed E-state index contributed by atoms with van der Waals surface area (Å²) >= 11 is 0. The highest BCUT2D eigenvalue weighted by Crippen LogP contribution is 2.10. The first kappa shape index (κ1) is 12.0. The monoisotopic (exact) mass is 259 g/mol. The number of halogens is 1. The number of hydrogen-bond acceptors (Lipinski definition) is 2. The molecule has 1 aliphatic rings. The average Bonchev–Trinajstić information content (AvgIpc) is 2.43. The Bertz CT molecular complexity index is 821. The molecule has 1 aromatic carbocycles. The van der Waals surface area contributed by atoms with Crippen molar-refractivity contribution in [2.75, 3.05) is 6.61 Å². The lowest BCUT2D eigenvalue weighted by Gasteiger charge is -2.12. The molecule has 0 fully saturated rings. The molecule has 0 spiro atoms. The second-order valence-electron chi connectivity index (χ2n) is 4.60. The summed E-state index contributed by atoms with van der Waals surface area (Å²) in [4.78, 5) is 12.5. The number of rotatable bonds is 2. The van der Waals surface area contributed by atoms with Crippen molar-refractivity contribution < 1.29 is 9.13 Å². The van der Waals surface area contributed by atoms with Gasteiger partial charge in [-0.25, -0.2) is 4.39 Å². The zero-order valence-corrected chi connectivity index (χ0v) is 10.6. The fourth-order valence-electron chi connectivity index (χ4n) is 2.50. The smallest absolute Gasteiger partial charge is 0.258 e. The molecule has 98 valence electrons. The highest BCUT2D eigenvalue weighted by molar-refractivity contribution is 5.80. The van der Waals surface area contributed by atoms with E-state index in [1.807, 2.05) is 6.92 Å². The van der Waals surface area contributed by atoms with Gasteiger partial charge in [0.25, 0.3) is 5.56 Å².